The number of likely N-dealkylation sites (tertiary alicyclic amines) is 1. The predicted octanol–water partition coefficient (Wildman–Crippen LogP) is 4.29. The summed E-state index contributed by atoms with van der Waals surface area (Å²) in [6.07, 6.45) is 2.70. The molecule has 0 bridgehead atoms. The van der Waals surface area contributed by atoms with Crippen molar-refractivity contribution >= 4 is 15.9 Å². The summed E-state index contributed by atoms with van der Waals surface area (Å²) >= 11 is 0. The quantitative estimate of drug-likeness (QED) is 0.679. The van der Waals surface area contributed by atoms with Crippen molar-refractivity contribution in [2.24, 2.45) is 11.8 Å². The number of hydrogen-bond acceptors (Lipinski definition) is 3. The zero-order valence-corrected chi connectivity index (χ0v) is 18.3. The van der Waals surface area contributed by atoms with Gasteiger partial charge >= 0.3 is 6.18 Å². The van der Waals surface area contributed by atoms with Gasteiger partial charge in [0.05, 0.1) is 10.5 Å². The SMILES string of the molecule is O=C(C1CCN(S(=O)(=O)c2ccccc2C(F)(F)F)CC1)N1CCC[C@H]2CCCC[C@@H]21. The highest BCUT2D eigenvalue weighted by Crippen LogP contribution is 2.38. The second-order valence-electron chi connectivity index (χ2n) is 8.96. The van der Waals surface area contributed by atoms with Crippen LogP contribution in [0.4, 0.5) is 13.2 Å². The number of carbonyl (C=O) groups is 1. The van der Waals surface area contributed by atoms with Crippen molar-refractivity contribution in [2.75, 3.05) is 19.6 Å². The Hall–Kier alpha value is -1.61. The molecule has 31 heavy (non-hydrogen) atoms. The van der Waals surface area contributed by atoms with Gasteiger partial charge in [-0.3, -0.25) is 4.79 Å². The highest BCUT2D eigenvalue weighted by molar-refractivity contribution is 7.89. The first-order valence-electron chi connectivity index (χ1n) is 11.2. The molecule has 2 heterocycles. The Morgan fingerprint density at radius 1 is 0.903 bits per heavy atom. The Morgan fingerprint density at radius 2 is 1.55 bits per heavy atom. The molecule has 1 amide bonds. The fraction of sp³-hybridized carbons (Fsp3) is 0.682. The Morgan fingerprint density at radius 3 is 2.26 bits per heavy atom. The van der Waals surface area contributed by atoms with Crippen LogP contribution >= 0.6 is 0 Å². The van der Waals surface area contributed by atoms with Crippen LogP contribution in [0.3, 0.4) is 0 Å². The number of nitrogens with zero attached hydrogens (tertiary/aromatic N) is 2. The summed E-state index contributed by atoms with van der Waals surface area (Å²) in [4.78, 5) is 14.5. The molecule has 9 heteroatoms. The van der Waals surface area contributed by atoms with E-state index in [2.05, 4.69) is 0 Å². The van der Waals surface area contributed by atoms with E-state index in [-0.39, 0.29) is 24.9 Å². The number of fused-ring (bicyclic) bond motifs is 1. The second kappa shape index (κ2) is 8.73. The summed E-state index contributed by atoms with van der Waals surface area (Å²) in [5.41, 5.74) is -1.15. The Balaban J connectivity index is 1.45. The van der Waals surface area contributed by atoms with Crippen molar-refractivity contribution in [3.05, 3.63) is 29.8 Å². The van der Waals surface area contributed by atoms with Crippen LogP contribution in [0.1, 0.15) is 56.9 Å². The van der Waals surface area contributed by atoms with E-state index in [0.29, 0.717) is 24.8 Å². The molecule has 2 atom stereocenters. The van der Waals surface area contributed by atoms with Gasteiger partial charge in [-0.1, -0.05) is 25.0 Å². The minimum atomic E-state index is -4.75. The number of alkyl halides is 3. The lowest BCUT2D eigenvalue weighted by Crippen LogP contribution is -2.53. The maximum atomic E-state index is 13.3. The van der Waals surface area contributed by atoms with Crippen molar-refractivity contribution in [1.29, 1.82) is 0 Å². The number of halogens is 3. The first-order valence-corrected chi connectivity index (χ1v) is 12.6. The molecule has 172 valence electrons. The van der Waals surface area contributed by atoms with E-state index in [1.54, 1.807) is 0 Å². The summed E-state index contributed by atoms with van der Waals surface area (Å²) < 4.78 is 67.0. The molecule has 0 radical (unpaired) electrons. The van der Waals surface area contributed by atoms with Crippen LogP contribution in [0.15, 0.2) is 29.2 Å². The molecule has 1 saturated carbocycles. The third-order valence-electron chi connectivity index (χ3n) is 7.14. The van der Waals surface area contributed by atoms with Crippen LogP contribution in [-0.2, 0) is 21.0 Å². The molecule has 0 N–H and O–H groups in total. The topological polar surface area (TPSA) is 57.7 Å². The molecule has 0 unspecified atom stereocenters. The molecule has 3 aliphatic rings. The van der Waals surface area contributed by atoms with Crippen LogP contribution in [0.25, 0.3) is 0 Å². The number of piperidine rings is 2. The molecule has 4 rings (SSSR count). The van der Waals surface area contributed by atoms with E-state index in [9.17, 15) is 26.4 Å². The van der Waals surface area contributed by atoms with Gasteiger partial charge in [-0.2, -0.15) is 17.5 Å². The maximum absolute atomic E-state index is 13.3. The Kier molecular flexibility index (Phi) is 6.36. The Bertz CT molecular complexity index is 909. The van der Waals surface area contributed by atoms with E-state index in [4.69, 9.17) is 0 Å². The smallest absolute Gasteiger partial charge is 0.339 e. The van der Waals surface area contributed by atoms with Gasteiger partial charge < -0.3 is 4.90 Å². The average Bonchev–Trinajstić information content (AvgIpc) is 2.78. The zero-order valence-electron chi connectivity index (χ0n) is 17.5. The summed E-state index contributed by atoms with van der Waals surface area (Å²) in [7, 11) is -4.28. The van der Waals surface area contributed by atoms with E-state index in [1.807, 2.05) is 4.90 Å². The van der Waals surface area contributed by atoms with Crippen molar-refractivity contribution in [3.63, 3.8) is 0 Å². The van der Waals surface area contributed by atoms with Gasteiger partial charge in [-0.15, -0.1) is 0 Å². The summed E-state index contributed by atoms with van der Waals surface area (Å²) in [6, 6.07) is 4.58. The number of benzene rings is 1. The minimum absolute atomic E-state index is 0.0624. The molecule has 3 fully saturated rings. The standard InChI is InChI=1S/C22H29F3N2O3S/c23-22(24,25)18-8-2-4-10-20(18)31(29,30)26-14-11-17(12-15-26)21(28)27-13-5-7-16-6-1-3-9-19(16)27/h2,4,8,10,16-17,19H,1,3,5-7,9,11-15H2/t16-,19+/m1/s1. The van der Waals surface area contributed by atoms with Crippen LogP contribution in [0.2, 0.25) is 0 Å². The Labute approximate surface area is 181 Å². The van der Waals surface area contributed by atoms with Crippen LogP contribution in [0.5, 0.6) is 0 Å². The van der Waals surface area contributed by atoms with Gasteiger partial charge in [-0.05, 0) is 56.6 Å². The largest absolute Gasteiger partial charge is 0.417 e. The van der Waals surface area contributed by atoms with E-state index < -0.39 is 26.7 Å². The van der Waals surface area contributed by atoms with Gasteiger partial charge in [0.25, 0.3) is 0 Å². The molecule has 5 nitrogen and oxygen atoms in total. The normalized spacial score (nSPS) is 26.5. The average molecular weight is 459 g/mol. The molecular weight excluding hydrogens is 429 g/mol. The fourth-order valence-corrected chi connectivity index (χ4v) is 7.22. The lowest BCUT2D eigenvalue weighted by Gasteiger charge is -2.46. The molecule has 2 saturated heterocycles. The number of rotatable bonds is 3. The lowest BCUT2D eigenvalue weighted by atomic mass is 9.77. The summed E-state index contributed by atoms with van der Waals surface area (Å²) in [5, 5.41) is 0. The monoisotopic (exact) mass is 458 g/mol. The number of sulfonamides is 1. The molecule has 1 aromatic rings. The summed E-state index contributed by atoms with van der Waals surface area (Å²) in [6.45, 7) is 0.886. The number of amides is 1. The molecule has 1 aromatic carbocycles. The third-order valence-corrected chi connectivity index (χ3v) is 9.10. The van der Waals surface area contributed by atoms with Crippen LogP contribution < -0.4 is 0 Å². The maximum Gasteiger partial charge on any atom is 0.417 e. The molecular formula is C22H29F3N2O3S. The van der Waals surface area contributed by atoms with Crippen molar-refractivity contribution in [3.8, 4) is 0 Å². The molecule has 0 aromatic heterocycles. The van der Waals surface area contributed by atoms with E-state index in [0.717, 1.165) is 42.2 Å². The van der Waals surface area contributed by atoms with Gasteiger partial charge in [0, 0.05) is 31.6 Å². The van der Waals surface area contributed by atoms with Gasteiger partial charge in [0.1, 0.15) is 0 Å². The van der Waals surface area contributed by atoms with Crippen LogP contribution in [0, 0.1) is 11.8 Å². The zero-order chi connectivity index (χ0) is 22.2. The van der Waals surface area contributed by atoms with Crippen molar-refractivity contribution in [1.82, 2.24) is 9.21 Å². The van der Waals surface area contributed by atoms with Crippen molar-refractivity contribution < 1.29 is 26.4 Å². The first kappa shape index (κ1) is 22.6. The molecule has 2 aliphatic heterocycles. The molecule has 1 aliphatic carbocycles. The second-order valence-corrected chi connectivity index (χ2v) is 10.9. The van der Waals surface area contributed by atoms with E-state index >= 15 is 0 Å². The van der Waals surface area contributed by atoms with Crippen molar-refractivity contribution in [2.45, 2.75) is 68.5 Å². The van der Waals surface area contributed by atoms with Gasteiger partial charge in [-0.25, -0.2) is 8.42 Å². The fourth-order valence-electron chi connectivity index (χ4n) is 5.54. The highest BCUT2D eigenvalue weighted by Gasteiger charge is 2.42. The summed E-state index contributed by atoms with van der Waals surface area (Å²) in [5.74, 6) is 0.417. The van der Waals surface area contributed by atoms with E-state index in [1.165, 1.54) is 31.4 Å². The van der Waals surface area contributed by atoms with Gasteiger partial charge in [0.2, 0.25) is 15.9 Å². The third kappa shape index (κ3) is 4.49. The van der Waals surface area contributed by atoms with Gasteiger partial charge in [0.15, 0.2) is 0 Å². The lowest BCUT2D eigenvalue weighted by molar-refractivity contribution is -0.143. The predicted molar refractivity (Wildman–Crippen MR) is 110 cm³/mol. The minimum Gasteiger partial charge on any atom is -0.339 e. The number of hydrogen-bond donors (Lipinski definition) is 0. The highest BCUT2D eigenvalue weighted by atomic mass is 32.2. The molecule has 0 spiro atoms. The first-order chi connectivity index (χ1) is 14.7. The van der Waals surface area contributed by atoms with Crippen LogP contribution in [-0.4, -0.2) is 49.2 Å². The number of carbonyl (C=O) groups excluding carboxylic acids is 1.